The molecule has 0 nitrogen and oxygen atoms in total. The van der Waals surface area contributed by atoms with Crippen LogP contribution in [0.4, 0.5) is 0 Å². The summed E-state index contributed by atoms with van der Waals surface area (Å²) in [6.45, 7) is 0. The predicted molar refractivity (Wildman–Crippen MR) is 19.9 cm³/mol. The van der Waals surface area contributed by atoms with Gasteiger partial charge in [-0.05, 0) is 0 Å². The first-order chi connectivity index (χ1) is 0. The molecule has 30 valence electrons. The maximum atomic E-state index is 0. The zero-order chi connectivity index (χ0) is 0. The fraction of sp³-hybridized carbons (Fsp3) is 0. The standard InChI is InChI=1S/2Al.3Cr.6H. The molecule has 0 unspecified atom stereocenters. The molecule has 5 heavy (non-hydrogen) atoms. The van der Waals surface area contributed by atoms with Gasteiger partial charge in [-0.25, -0.2) is 0 Å². The van der Waals surface area contributed by atoms with E-state index in [-0.39, 0.29) is 86.8 Å². The summed E-state index contributed by atoms with van der Waals surface area (Å²) in [6.07, 6.45) is 0. The minimum atomic E-state index is 0. The van der Waals surface area contributed by atoms with Gasteiger partial charge in [-0.3, -0.25) is 0 Å². The SMILES string of the molecule is [AlH3].[AlH3].[Cr].[Cr].[Cr]. The van der Waals surface area contributed by atoms with Gasteiger partial charge in [0.15, 0.2) is 34.7 Å². The normalized spacial score (nSPS) is 0. The first-order valence-corrected chi connectivity index (χ1v) is 0. The van der Waals surface area contributed by atoms with Crippen LogP contribution in [0.2, 0.25) is 0 Å². The van der Waals surface area contributed by atoms with Gasteiger partial charge in [-0.15, -0.1) is 0 Å². The summed E-state index contributed by atoms with van der Waals surface area (Å²) >= 11 is 0. The van der Waals surface area contributed by atoms with Gasteiger partial charge < -0.3 is 0 Å². The first kappa shape index (κ1) is 48.0. The smallest absolute Gasteiger partial charge is 0 e. The van der Waals surface area contributed by atoms with E-state index < -0.39 is 0 Å². The second-order valence-corrected chi connectivity index (χ2v) is 0. The molecule has 5 heteroatoms. The van der Waals surface area contributed by atoms with E-state index in [1.54, 1.807) is 0 Å². The van der Waals surface area contributed by atoms with Crippen molar-refractivity contribution in [3.8, 4) is 0 Å². The molecule has 0 spiro atoms. The van der Waals surface area contributed by atoms with Crippen LogP contribution in [0, 0.1) is 0 Å². The van der Waals surface area contributed by atoms with E-state index in [2.05, 4.69) is 0 Å². The van der Waals surface area contributed by atoms with Crippen molar-refractivity contribution >= 4 is 34.7 Å². The average Bonchev–Trinajstić information content (AvgIpc) is 0. The third-order valence-electron chi connectivity index (χ3n) is 0. The fourth-order valence-corrected chi connectivity index (χ4v) is 0. The van der Waals surface area contributed by atoms with Crippen molar-refractivity contribution < 1.29 is 52.1 Å². The summed E-state index contributed by atoms with van der Waals surface area (Å²) in [5, 5.41) is 0. The van der Waals surface area contributed by atoms with E-state index >= 15 is 0 Å². The summed E-state index contributed by atoms with van der Waals surface area (Å²) in [6, 6.07) is 0. The van der Waals surface area contributed by atoms with Crippen LogP contribution in [0.3, 0.4) is 0 Å². The zero-order valence-electron chi connectivity index (χ0n) is 1.22. The van der Waals surface area contributed by atoms with Crippen molar-refractivity contribution in [1.82, 2.24) is 0 Å². The van der Waals surface area contributed by atoms with Gasteiger partial charge in [0.2, 0.25) is 0 Å². The van der Waals surface area contributed by atoms with E-state index in [0.717, 1.165) is 0 Å². The molecule has 0 aliphatic rings. The van der Waals surface area contributed by atoms with Crippen LogP contribution in [0.15, 0.2) is 0 Å². The van der Waals surface area contributed by atoms with Crippen LogP contribution >= 0.6 is 0 Å². The van der Waals surface area contributed by atoms with Crippen LogP contribution in [-0.4, -0.2) is 34.7 Å². The van der Waals surface area contributed by atoms with Crippen molar-refractivity contribution in [3.63, 3.8) is 0 Å². The van der Waals surface area contributed by atoms with Gasteiger partial charge in [0.25, 0.3) is 0 Å². The van der Waals surface area contributed by atoms with Crippen LogP contribution in [-0.2, 0) is 52.1 Å². The van der Waals surface area contributed by atoms with Gasteiger partial charge >= 0.3 is 0 Å². The Balaban J connectivity index is 0. The molecule has 0 aliphatic heterocycles. The quantitative estimate of drug-likeness (QED) is 0.397. The van der Waals surface area contributed by atoms with E-state index in [9.17, 15) is 0 Å². The van der Waals surface area contributed by atoms with Crippen LogP contribution < -0.4 is 0 Å². The third-order valence-corrected chi connectivity index (χ3v) is 0. The summed E-state index contributed by atoms with van der Waals surface area (Å²) in [5.41, 5.74) is 0. The van der Waals surface area contributed by atoms with E-state index in [1.165, 1.54) is 0 Å². The molecule has 0 rings (SSSR count). The molecule has 0 saturated carbocycles. The number of rotatable bonds is 0. The number of hydrogen-bond donors (Lipinski definition) is 0. The van der Waals surface area contributed by atoms with Gasteiger partial charge in [0, 0.05) is 52.1 Å². The van der Waals surface area contributed by atoms with Crippen molar-refractivity contribution in [2.24, 2.45) is 0 Å². The molecular weight excluding hydrogens is 210 g/mol. The average molecular weight is 216 g/mol. The fourth-order valence-electron chi connectivity index (χ4n) is 0. The Labute approximate surface area is 85.7 Å². The summed E-state index contributed by atoms with van der Waals surface area (Å²) in [7, 11) is 0. The molecule has 0 fully saturated rings. The number of hydrogen-bond acceptors (Lipinski definition) is 0. The molecule has 0 amide bonds. The third kappa shape index (κ3) is 20.4. The molecule has 0 aromatic carbocycles. The molecular formula is H6Al2Cr3. The van der Waals surface area contributed by atoms with Crippen molar-refractivity contribution in [2.45, 2.75) is 0 Å². The monoisotopic (exact) mass is 216 g/mol. The first-order valence-electron chi connectivity index (χ1n) is 0. The Morgan fingerprint density at radius 3 is 0.400 bits per heavy atom. The predicted octanol–water partition coefficient (Wildman–Crippen LogP) is -2.38. The van der Waals surface area contributed by atoms with E-state index in [4.69, 9.17) is 0 Å². The Kier molecular flexibility index (Phi) is 289. The van der Waals surface area contributed by atoms with Crippen molar-refractivity contribution in [3.05, 3.63) is 0 Å². The zero-order valence-corrected chi connectivity index (χ0v) is 5.05. The van der Waals surface area contributed by atoms with Crippen molar-refractivity contribution in [2.75, 3.05) is 0 Å². The van der Waals surface area contributed by atoms with Crippen LogP contribution in [0.1, 0.15) is 0 Å². The topological polar surface area (TPSA) is 0 Å². The molecule has 0 atom stereocenters. The Morgan fingerprint density at radius 1 is 0.400 bits per heavy atom. The molecule has 0 saturated heterocycles. The summed E-state index contributed by atoms with van der Waals surface area (Å²) in [5.74, 6) is 0. The molecule has 0 aromatic rings. The molecule has 0 bridgehead atoms. The Bertz CT molecular complexity index is 4.85. The van der Waals surface area contributed by atoms with Crippen molar-refractivity contribution in [1.29, 1.82) is 0 Å². The van der Waals surface area contributed by atoms with Gasteiger partial charge in [-0.2, -0.15) is 0 Å². The largest absolute Gasteiger partial charge is 0.187 e. The van der Waals surface area contributed by atoms with E-state index in [0.29, 0.717) is 0 Å². The minimum Gasteiger partial charge on any atom is 0 e. The van der Waals surface area contributed by atoms with Crippen LogP contribution in [0.5, 0.6) is 0 Å². The van der Waals surface area contributed by atoms with Gasteiger partial charge in [0.1, 0.15) is 0 Å². The molecule has 0 heterocycles. The maximum Gasteiger partial charge on any atom is 0.187 e. The summed E-state index contributed by atoms with van der Waals surface area (Å²) in [4.78, 5) is 0. The second-order valence-electron chi connectivity index (χ2n) is 0. The van der Waals surface area contributed by atoms with Gasteiger partial charge in [0.05, 0.1) is 0 Å². The summed E-state index contributed by atoms with van der Waals surface area (Å²) < 4.78 is 0. The Morgan fingerprint density at radius 2 is 0.400 bits per heavy atom. The second kappa shape index (κ2) is 30.1. The molecule has 0 aliphatic carbocycles. The van der Waals surface area contributed by atoms with Gasteiger partial charge in [-0.1, -0.05) is 0 Å². The minimum absolute atomic E-state index is 0. The Hall–Kier alpha value is 2.66. The molecule has 0 radical (unpaired) electrons. The van der Waals surface area contributed by atoms with E-state index in [1.807, 2.05) is 0 Å². The molecule has 0 N–H and O–H groups in total. The molecule has 0 aromatic heterocycles. The van der Waals surface area contributed by atoms with Crippen LogP contribution in [0.25, 0.3) is 0 Å². The maximum absolute atomic E-state index is 0.